The summed E-state index contributed by atoms with van der Waals surface area (Å²) in [4.78, 5) is 4.57. The summed E-state index contributed by atoms with van der Waals surface area (Å²) in [5.74, 6) is 0. The zero-order valence-corrected chi connectivity index (χ0v) is 8.55. The molecule has 1 aliphatic rings. The lowest BCUT2D eigenvalue weighted by Gasteiger charge is -2.18. The summed E-state index contributed by atoms with van der Waals surface area (Å²) in [7, 11) is 0. The van der Waals surface area contributed by atoms with Crippen LogP contribution in [-0.4, -0.2) is 28.5 Å². The van der Waals surface area contributed by atoms with E-state index in [9.17, 15) is 0 Å². The predicted molar refractivity (Wildman–Crippen MR) is 51.3 cm³/mol. The zero-order chi connectivity index (χ0) is 8.10. The van der Waals surface area contributed by atoms with Crippen LogP contribution in [0.5, 0.6) is 0 Å². The summed E-state index contributed by atoms with van der Waals surface area (Å²) in [6.45, 7) is 4.46. The molecule has 0 aromatic rings. The van der Waals surface area contributed by atoms with Crippen molar-refractivity contribution in [2.24, 2.45) is 0 Å². The van der Waals surface area contributed by atoms with Gasteiger partial charge >= 0.3 is 0 Å². The number of nitrogens with zero attached hydrogens (tertiary/aromatic N) is 2. The minimum absolute atomic E-state index is 0.937. The second-order valence-electron chi connectivity index (χ2n) is 2.81. The van der Waals surface area contributed by atoms with E-state index in [0.717, 1.165) is 12.1 Å². The van der Waals surface area contributed by atoms with Crippen LogP contribution in [0.15, 0.2) is 12.4 Å². The molecule has 0 radical (unpaired) electrons. The average Bonchev–Trinajstić information content (AvgIpc) is 2.48. The predicted octanol–water partition coefficient (Wildman–Crippen LogP) is 2.19. The van der Waals surface area contributed by atoms with Crippen molar-refractivity contribution in [3.8, 4) is 0 Å². The second-order valence-corrected chi connectivity index (χ2v) is 3.32. The van der Waals surface area contributed by atoms with Gasteiger partial charge < -0.3 is 9.80 Å². The molecule has 0 unspecified atom stereocenters. The van der Waals surface area contributed by atoms with Gasteiger partial charge in [0.1, 0.15) is 0 Å². The third kappa shape index (κ3) is 2.73. The first-order chi connectivity index (χ1) is 5.36. The molecular weight excluding hydrogens is 204 g/mol. The van der Waals surface area contributed by atoms with Crippen molar-refractivity contribution >= 4 is 15.9 Å². The minimum atomic E-state index is 0.937. The number of unbranched alkanes of at least 4 members (excludes halogenated alkanes) is 1. The lowest BCUT2D eigenvalue weighted by atomic mass is 10.3. The van der Waals surface area contributed by atoms with Gasteiger partial charge in [-0.2, -0.15) is 0 Å². The van der Waals surface area contributed by atoms with Crippen molar-refractivity contribution in [2.75, 3.05) is 18.7 Å². The molecule has 2 nitrogen and oxygen atoms in total. The normalized spacial score (nSPS) is 16.5. The van der Waals surface area contributed by atoms with Gasteiger partial charge in [0.2, 0.25) is 0 Å². The van der Waals surface area contributed by atoms with Crippen LogP contribution < -0.4 is 0 Å². The second kappa shape index (κ2) is 4.65. The highest BCUT2D eigenvalue weighted by molar-refractivity contribution is 9.09. The minimum Gasteiger partial charge on any atom is -0.359 e. The van der Waals surface area contributed by atoms with E-state index in [-0.39, 0.29) is 0 Å². The van der Waals surface area contributed by atoms with E-state index in [4.69, 9.17) is 0 Å². The molecule has 1 rings (SSSR count). The molecule has 1 heterocycles. The van der Waals surface area contributed by atoms with Crippen LogP contribution >= 0.6 is 15.9 Å². The van der Waals surface area contributed by atoms with Crippen LogP contribution in [0.4, 0.5) is 0 Å². The van der Waals surface area contributed by atoms with Crippen LogP contribution in [0.25, 0.3) is 0 Å². The number of rotatable bonds is 4. The number of hydrogen-bond donors (Lipinski definition) is 0. The largest absolute Gasteiger partial charge is 0.359 e. The number of hydrogen-bond acceptors (Lipinski definition) is 2. The SMILES string of the molecule is CCCCN1C=CN(CBr)C1. The van der Waals surface area contributed by atoms with E-state index in [1.165, 1.54) is 19.4 Å². The molecule has 0 fully saturated rings. The first-order valence-electron chi connectivity index (χ1n) is 4.09. The van der Waals surface area contributed by atoms with E-state index >= 15 is 0 Å². The van der Waals surface area contributed by atoms with E-state index in [2.05, 4.69) is 45.1 Å². The molecule has 64 valence electrons. The van der Waals surface area contributed by atoms with E-state index in [0.29, 0.717) is 0 Å². The standard InChI is InChI=1S/C8H15BrN2/c1-2-3-4-10-5-6-11(7-9)8-10/h5-6H,2-4,7-8H2,1H3. The van der Waals surface area contributed by atoms with Crippen molar-refractivity contribution in [2.45, 2.75) is 19.8 Å². The third-order valence-electron chi connectivity index (χ3n) is 1.80. The summed E-state index contributed by atoms with van der Waals surface area (Å²) in [6.07, 6.45) is 6.86. The maximum absolute atomic E-state index is 3.42. The quantitative estimate of drug-likeness (QED) is 0.528. The number of halogens is 1. The van der Waals surface area contributed by atoms with Crippen molar-refractivity contribution in [3.63, 3.8) is 0 Å². The topological polar surface area (TPSA) is 6.48 Å². The van der Waals surface area contributed by atoms with Crippen LogP contribution in [0.3, 0.4) is 0 Å². The fourth-order valence-corrected chi connectivity index (χ4v) is 1.43. The Labute approximate surface area is 77.0 Å². The van der Waals surface area contributed by atoms with E-state index in [1.807, 2.05) is 0 Å². The van der Waals surface area contributed by atoms with Gasteiger partial charge in [-0.25, -0.2) is 0 Å². The fourth-order valence-electron chi connectivity index (χ4n) is 1.10. The Balaban J connectivity index is 2.15. The molecule has 1 aliphatic heterocycles. The zero-order valence-electron chi connectivity index (χ0n) is 6.96. The Kier molecular flexibility index (Phi) is 3.77. The highest BCUT2D eigenvalue weighted by Crippen LogP contribution is 2.08. The van der Waals surface area contributed by atoms with E-state index in [1.54, 1.807) is 0 Å². The van der Waals surface area contributed by atoms with Gasteiger partial charge in [0.25, 0.3) is 0 Å². The van der Waals surface area contributed by atoms with Crippen molar-refractivity contribution in [1.82, 2.24) is 9.80 Å². The maximum Gasteiger partial charge on any atom is 0.0901 e. The highest BCUT2D eigenvalue weighted by Gasteiger charge is 2.08. The first-order valence-corrected chi connectivity index (χ1v) is 5.21. The van der Waals surface area contributed by atoms with Gasteiger partial charge in [-0.05, 0) is 6.42 Å². The molecule has 0 bridgehead atoms. The van der Waals surface area contributed by atoms with Gasteiger partial charge in [0.05, 0.1) is 12.1 Å². The van der Waals surface area contributed by atoms with Crippen molar-refractivity contribution in [3.05, 3.63) is 12.4 Å². The Morgan fingerprint density at radius 3 is 2.64 bits per heavy atom. The molecular formula is C8H15BrN2. The maximum atomic E-state index is 3.42. The fraction of sp³-hybridized carbons (Fsp3) is 0.750. The van der Waals surface area contributed by atoms with Gasteiger partial charge in [-0.1, -0.05) is 29.3 Å². The monoisotopic (exact) mass is 218 g/mol. The molecule has 0 N–H and O–H groups in total. The Morgan fingerprint density at radius 1 is 1.36 bits per heavy atom. The molecule has 0 amide bonds. The Bertz CT molecular complexity index is 136. The smallest absolute Gasteiger partial charge is 0.0901 e. The van der Waals surface area contributed by atoms with Crippen LogP contribution in [0, 0.1) is 0 Å². The first kappa shape index (κ1) is 8.91. The molecule has 0 atom stereocenters. The Morgan fingerprint density at radius 2 is 2.09 bits per heavy atom. The lowest BCUT2D eigenvalue weighted by molar-refractivity contribution is 0.288. The number of alkyl halides is 1. The highest BCUT2D eigenvalue weighted by atomic mass is 79.9. The van der Waals surface area contributed by atoms with Crippen molar-refractivity contribution in [1.29, 1.82) is 0 Å². The third-order valence-corrected chi connectivity index (χ3v) is 2.45. The summed E-state index contributed by atoms with van der Waals surface area (Å²) in [6, 6.07) is 0. The van der Waals surface area contributed by atoms with Crippen molar-refractivity contribution < 1.29 is 0 Å². The van der Waals surface area contributed by atoms with E-state index < -0.39 is 0 Å². The molecule has 11 heavy (non-hydrogen) atoms. The summed E-state index contributed by atoms with van der Waals surface area (Å²) < 4.78 is 0. The van der Waals surface area contributed by atoms with Crippen LogP contribution in [0.2, 0.25) is 0 Å². The molecule has 3 heteroatoms. The lowest BCUT2D eigenvalue weighted by Crippen LogP contribution is -2.24. The molecule has 0 aromatic carbocycles. The molecule has 0 spiro atoms. The molecule has 0 saturated heterocycles. The summed E-state index contributed by atoms with van der Waals surface area (Å²) in [5, 5.41) is 0. The van der Waals surface area contributed by atoms with Gasteiger partial charge in [0.15, 0.2) is 0 Å². The van der Waals surface area contributed by atoms with Crippen LogP contribution in [0.1, 0.15) is 19.8 Å². The van der Waals surface area contributed by atoms with Gasteiger partial charge in [0, 0.05) is 18.9 Å². The molecule has 0 aliphatic carbocycles. The van der Waals surface area contributed by atoms with Gasteiger partial charge in [-0.3, -0.25) is 0 Å². The Hall–Kier alpha value is -0.180. The van der Waals surface area contributed by atoms with Gasteiger partial charge in [-0.15, -0.1) is 0 Å². The molecule has 0 saturated carbocycles. The molecule has 0 aromatic heterocycles. The summed E-state index contributed by atoms with van der Waals surface area (Å²) >= 11 is 3.42. The summed E-state index contributed by atoms with van der Waals surface area (Å²) in [5.41, 5.74) is 0.937. The average molecular weight is 219 g/mol. The van der Waals surface area contributed by atoms with Crippen LogP contribution in [-0.2, 0) is 0 Å².